The molecule has 0 saturated heterocycles. The van der Waals surface area contributed by atoms with E-state index in [0.717, 1.165) is 34.6 Å². The number of primary amides is 1. The molecule has 4 aromatic carbocycles. The van der Waals surface area contributed by atoms with Crippen LogP contribution in [0.4, 0.5) is 5.69 Å². The summed E-state index contributed by atoms with van der Waals surface area (Å²) in [7, 11) is 5.68. The van der Waals surface area contributed by atoms with Crippen LogP contribution in [0.15, 0.2) is 103 Å². The lowest BCUT2D eigenvalue weighted by Gasteiger charge is -2.23. The van der Waals surface area contributed by atoms with Gasteiger partial charge in [0.05, 0.1) is 19.2 Å². The van der Waals surface area contributed by atoms with Crippen LogP contribution >= 0.6 is 0 Å². The molecule has 5 aromatic rings. The van der Waals surface area contributed by atoms with E-state index >= 15 is 0 Å². The number of amides is 2. The van der Waals surface area contributed by atoms with Gasteiger partial charge < -0.3 is 24.8 Å². The SMILES string of the molecule is COc1cc(C(=O)N2Cc3ccc(CN(C)C)n3Cc3ccccc32)ccc1-c1cccc(-c2ccccc2)c1C(N)=O. The summed E-state index contributed by atoms with van der Waals surface area (Å²) in [6.07, 6.45) is 0. The molecule has 1 aromatic heterocycles. The molecule has 43 heavy (non-hydrogen) atoms. The molecule has 2 heterocycles. The van der Waals surface area contributed by atoms with Crippen molar-refractivity contribution < 1.29 is 14.3 Å². The third-order valence-corrected chi connectivity index (χ3v) is 7.95. The lowest BCUT2D eigenvalue weighted by atomic mass is 9.90. The van der Waals surface area contributed by atoms with Crippen molar-refractivity contribution in [2.75, 3.05) is 26.1 Å². The van der Waals surface area contributed by atoms with Crippen LogP contribution in [0.1, 0.15) is 37.7 Å². The molecule has 216 valence electrons. The maximum Gasteiger partial charge on any atom is 0.258 e. The highest BCUT2D eigenvalue weighted by molar-refractivity contribution is 6.09. The molecule has 2 N–H and O–H groups in total. The molecular weight excluding hydrogens is 536 g/mol. The van der Waals surface area contributed by atoms with Crippen LogP contribution in [0.25, 0.3) is 22.3 Å². The second kappa shape index (κ2) is 11.6. The molecule has 0 aliphatic carbocycles. The van der Waals surface area contributed by atoms with Gasteiger partial charge in [-0.3, -0.25) is 9.59 Å². The predicted molar refractivity (Wildman–Crippen MR) is 170 cm³/mol. The highest BCUT2D eigenvalue weighted by atomic mass is 16.5. The number of methoxy groups -OCH3 is 1. The fourth-order valence-corrected chi connectivity index (χ4v) is 5.97. The molecule has 7 nitrogen and oxygen atoms in total. The van der Waals surface area contributed by atoms with E-state index in [1.54, 1.807) is 19.2 Å². The number of benzene rings is 4. The maximum absolute atomic E-state index is 14.2. The van der Waals surface area contributed by atoms with E-state index in [1.165, 1.54) is 5.69 Å². The average molecular weight is 571 g/mol. The smallest absolute Gasteiger partial charge is 0.258 e. The molecular formula is C36H34N4O3. The number of fused-ring (bicyclic) bond motifs is 2. The second-order valence-corrected chi connectivity index (χ2v) is 11.0. The number of nitrogens with zero attached hydrogens (tertiary/aromatic N) is 3. The Bertz CT molecular complexity index is 1820. The number of hydrogen-bond acceptors (Lipinski definition) is 4. The molecule has 0 fully saturated rings. The van der Waals surface area contributed by atoms with Crippen LogP contribution in [0.5, 0.6) is 5.75 Å². The zero-order valence-electron chi connectivity index (χ0n) is 24.6. The summed E-state index contributed by atoms with van der Waals surface area (Å²) in [4.78, 5) is 31.0. The Morgan fingerprint density at radius 2 is 1.56 bits per heavy atom. The average Bonchev–Trinajstić information content (AvgIpc) is 3.29. The Morgan fingerprint density at radius 1 is 0.814 bits per heavy atom. The molecule has 2 amide bonds. The summed E-state index contributed by atoms with van der Waals surface area (Å²) < 4.78 is 8.12. The first-order valence-corrected chi connectivity index (χ1v) is 14.2. The topological polar surface area (TPSA) is 80.8 Å². The van der Waals surface area contributed by atoms with Crippen molar-refractivity contribution >= 4 is 17.5 Å². The van der Waals surface area contributed by atoms with Crippen LogP contribution in [0.2, 0.25) is 0 Å². The van der Waals surface area contributed by atoms with Crippen molar-refractivity contribution in [3.63, 3.8) is 0 Å². The predicted octanol–water partition coefficient (Wildman–Crippen LogP) is 6.20. The molecule has 7 heteroatoms. The summed E-state index contributed by atoms with van der Waals surface area (Å²) in [5, 5.41) is 0. The van der Waals surface area contributed by atoms with Gasteiger partial charge in [-0.05, 0) is 72.7 Å². The molecule has 0 saturated carbocycles. The number of hydrogen-bond donors (Lipinski definition) is 1. The Hall–Kier alpha value is -5.14. The number of ether oxygens (including phenoxy) is 1. The molecule has 0 spiro atoms. The summed E-state index contributed by atoms with van der Waals surface area (Å²) in [5.74, 6) is -0.179. The quantitative estimate of drug-likeness (QED) is 0.253. The van der Waals surface area contributed by atoms with Gasteiger partial charge in [-0.15, -0.1) is 0 Å². The summed E-state index contributed by atoms with van der Waals surface area (Å²) in [5.41, 5.74) is 14.1. The molecule has 0 atom stereocenters. The summed E-state index contributed by atoms with van der Waals surface area (Å²) >= 11 is 0. The molecule has 0 bridgehead atoms. The number of para-hydroxylation sites is 1. The minimum Gasteiger partial charge on any atom is -0.496 e. The molecule has 0 radical (unpaired) electrons. The highest BCUT2D eigenvalue weighted by Crippen LogP contribution is 2.38. The first kappa shape index (κ1) is 28.0. The maximum atomic E-state index is 14.2. The normalized spacial score (nSPS) is 12.4. The van der Waals surface area contributed by atoms with E-state index in [4.69, 9.17) is 10.5 Å². The third kappa shape index (κ3) is 5.31. The van der Waals surface area contributed by atoms with Crippen LogP contribution in [0, 0.1) is 0 Å². The zero-order chi connectivity index (χ0) is 30.1. The highest BCUT2D eigenvalue weighted by Gasteiger charge is 2.27. The van der Waals surface area contributed by atoms with Crippen molar-refractivity contribution in [3.05, 3.63) is 131 Å². The largest absolute Gasteiger partial charge is 0.496 e. The monoisotopic (exact) mass is 570 g/mol. The van der Waals surface area contributed by atoms with Crippen molar-refractivity contribution in [3.8, 4) is 28.0 Å². The van der Waals surface area contributed by atoms with E-state index in [2.05, 4.69) is 41.8 Å². The zero-order valence-corrected chi connectivity index (χ0v) is 24.6. The van der Waals surface area contributed by atoms with Crippen molar-refractivity contribution in [2.45, 2.75) is 19.6 Å². The third-order valence-electron chi connectivity index (χ3n) is 7.95. The number of carbonyl (C=O) groups is 2. The van der Waals surface area contributed by atoms with Gasteiger partial charge in [-0.1, -0.05) is 66.7 Å². The first-order chi connectivity index (χ1) is 20.9. The lowest BCUT2D eigenvalue weighted by Crippen LogP contribution is -2.30. The fourth-order valence-electron chi connectivity index (χ4n) is 5.97. The standard InChI is InChI=1S/C36H34N4O3/c1-38(2)22-27-17-18-28-23-40(32-15-8-7-12-26(32)21-39(27)28)36(42)25-16-19-30(33(20-25)43-3)31-14-9-13-29(34(31)35(37)41)24-10-5-4-6-11-24/h4-20H,21-23H2,1-3H3,(H2,37,41). The first-order valence-electron chi connectivity index (χ1n) is 14.2. The van der Waals surface area contributed by atoms with E-state index in [0.29, 0.717) is 41.1 Å². The van der Waals surface area contributed by atoms with E-state index in [-0.39, 0.29) is 5.91 Å². The van der Waals surface area contributed by atoms with Gasteiger partial charge in [0.25, 0.3) is 5.91 Å². The second-order valence-electron chi connectivity index (χ2n) is 11.0. The molecule has 1 aliphatic rings. The Morgan fingerprint density at radius 3 is 2.30 bits per heavy atom. The fraction of sp³-hybridized carbons (Fsp3) is 0.167. The van der Waals surface area contributed by atoms with Gasteiger partial charge in [0.1, 0.15) is 5.75 Å². The Labute approximate surface area is 251 Å². The lowest BCUT2D eigenvalue weighted by molar-refractivity contribution is 0.0981. The van der Waals surface area contributed by atoms with Gasteiger partial charge >= 0.3 is 0 Å². The van der Waals surface area contributed by atoms with Crippen LogP contribution in [-0.2, 0) is 19.6 Å². The van der Waals surface area contributed by atoms with Crippen LogP contribution in [-0.4, -0.2) is 42.5 Å². The summed E-state index contributed by atoms with van der Waals surface area (Å²) in [6, 6.07) is 33.0. The van der Waals surface area contributed by atoms with Gasteiger partial charge in [0.2, 0.25) is 5.91 Å². The van der Waals surface area contributed by atoms with Crippen LogP contribution in [0.3, 0.4) is 0 Å². The molecule has 0 unspecified atom stereocenters. The van der Waals surface area contributed by atoms with E-state index in [9.17, 15) is 9.59 Å². The Kier molecular flexibility index (Phi) is 7.57. The number of rotatable bonds is 7. The molecule has 1 aliphatic heterocycles. The van der Waals surface area contributed by atoms with Gasteiger partial charge in [-0.25, -0.2) is 0 Å². The van der Waals surface area contributed by atoms with E-state index < -0.39 is 5.91 Å². The molecule has 6 rings (SSSR count). The summed E-state index contributed by atoms with van der Waals surface area (Å²) in [6.45, 7) is 1.95. The van der Waals surface area contributed by atoms with Crippen LogP contribution < -0.4 is 15.4 Å². The number of aromatic nitrogens is 1. The van der Waals surface area contributed by atoms with E-state index in [1.807, 2.05) is 77.7 Å². The minimum absolute atomic E-state index is 0.130. The Balaban J connectivity index is 1.41. The number of anilines is 1. The number of carbonyl (C=O) groups excluding carboxylic acids is 2. The minimum atomic E-state index is -0.533. The van der Waals surface area contributed by atoms with Crippen molar-refractivity contribution in [1.82, 2.24) is 9.47 Å². The van der Waals surface area contributed by atoms with Crippen molar-refractivity contribution in [1.29, 1.82) is 0 Å². The van der Waals surface area contributed by atoms with Crippen molar-refractivity contribution in [2.24, 2.45) is 5.73 Å². The van der Waals surface area contributed by atoms with Gasteiger partial charge in [-0.2, -0.15) is 0 Å². The number of nitrogens with two attached hydrogens (primary N) is 1. The van der Waals surface area contributed by atoms with Gasteiger partial charge in [0.15, 0.2) is 0 Å². The van der Waals surface area contributed by atoms with Gasteiger partial charge in [0, 0.05) is 41.3 Å².